The Hall–Kier alpha value is -1.99. The zero-order chi connectivity index (χ0) is 15.8. The summed E-state index contributed by atoms with van der Waals surface area (Å²) in [4.78, 5) is 29.2. The van der Waals surface area contributed by atoms with Crippen molar-refractivity contribution in [3.63, 3.8) is 0 Å². The minimum atomic E-state index is -0.497. The quantitative estimate of drug-likeness (QED) is 0.800. The predicted octanol–water partition coefficient (Wildman–Crippen LogP) is 0.518. The zero-order valence-electron chi connectivity index (χ0n) is 12.7. The van der Waals surface area contributed by atoms with Gasteiger partial charge in [-0.05, 0) is 24.5 Å². The first-order valence-corrected chi connectivity index (χ1v) is 7.42. The molecule has 7 heteroatoms. The first kappa shape index (κ1) is 16.4. The van der Waals surface area contributed by atoms with Crippen molar-refractivity contribution in [2.45, 2.75) is 25.5 Å². The van der Waals surface area contributed by atoms with Crippen LogP contribution in [0.4, 0.5) is 4.79 Å². The van der Waals surface area contributed by atoms with Crippen LogP contribution in [0, 0.1) is 0 Å². The van der Waals surface area contributed by atoms with E-state index in [1.165, 1.54) is 7.05 Å². The molecule has 120 valence electrons. The SMILES string of the molecule is CNC(=O)NC(=O)CN(Cc1cccnc1)CC1CCCO1. The van der Waals surface area contributed by atoms with E-state index >= 15 is 0 Å². The summed E-state index contributed by atoms with van der Waals surface area (Å²) in [6.45, 7) is 2.17. The van der Waals surface area contributed by atoms with E-state index in [1.807, 2.05) is 17.0 Å². The fourth-order valence-electron chi connectivity index (χ4n) is 2.44. The number of urea groups is 1. The number of aromatic nitrogens is 1. The first-order valence-electron chi connectivity index (χ1n) is 7.42. The van der Waals surface area contributed by atoms with Gasteiger partial charge in [0, 0.05) is 39.1 Å². The lowest BCUT2D eigenvalue weighted by molar-refractivity contribution is -0.121. The van der Waals surface area contributed by atoms with Crippen molar-refractivity contribution in [3.05, 3.63) is 30.1 Å². The molecule has 0 aliphatic carbocycles. The molecule has 1 unspecified atom stereocenters. The molecule has 1 aromatic heterocycles. The monoisotopic (exact) mass is 306 g/mol. The molecule has 1 fully saturated rings. The van der Waals surface area contributed by atoms with Crippen molar-refractivity contribution in [1.29, 1.82) is 0 Å². The molecule has 0 radical (unpaired) electrons. The molecule has 2 rings (SSSR count). The summed E-state index contributed by atoms with van der Waals surface area (Å²) in [5.41, 5.74) is 1.02. The van der Waals surface area contributed by atoms with Crippen LogP contribution >= 0.6 is 0 Å². The molecule has 2 heterocycles. The van der Waals surface area contributed by atoms with Crippen LogP contribution in [0.3, 0.4) is 0 Å². The van der Waals surface area contributed by atoms with Crippen molar-refractivity contribution in [2.24, 2.45) is 0 Å². The summed E-state index contributed by atoms with van der Waals surface area (Å²) < 4.78 is 5.64. The maximum atomic E-state index is 11.9. The van der Waals surface area contributed by atoms with Gasteiger partial charge in [-0.2, -0.15) is 0 Å². The Morgan fingerprint density at radius 3 is 3.00 bits per heavy atom. The zero-order valence-corrected chi connectivity index (χ0v) is 12.7. The van der Waals surface area contributed by atoms with Gasteiger partial charge in [-0.15, -0.1) is 0 Å². The molecular formula is C15H22N4O3. The summed E-state index contributed by atoms with van der Waals surface area (Å²) in [5, 5.41) is 4.65. The van der Waals surface area contributed by atoms with Gasteiger partial charge >= 0.3 is 6.03 Å². The van der Waals surface area contributed by atoms with Crippen molar-refractivity contribution >= 4 is 11.9 Å². The van der Waals surface area contributed by atoms with Crippen molar-refractivity contribution < 1.29 is 14.3 Å². The second kappa shape index (κ2) is 8.45. The molecule has 1 aromatic rings. The summed E-state index contributed by atoms with van der Waals surface area (Å²) in [5.74, 6) is -0.332. The number of nitrogens with one attached hydrogen (secondary N) is 2. The van der Waals surface area contributed by atoms with Crippen molar-refractivity contribution in [1.82, 2.24) is 20.5 Å². The van der Waals surface area contributed by atoms with E-state index in [2.05, 4.69) is 15.6 Å². The highest BCUT2D eigenvalue weighted by Gasteiger charge is 2.21. The summed E-state index contributed by atoms with van der Waals surface area (Å²) in [7, 11) is 1.47. The number of hydrogen-bond donors (Lipinski definition) is 2. The number of rotatable bonds is 6. The van der Waals surface area contributed by atoms with Crippen LogP contribution < -0.4 is 10.6 Å². The fourth-order valence-corrected chi connectivity index (χ4v) is 2.44. The number of imide groups is 1. The highest BCUT2D eigenvalue weighted by molar-refractivity contribution is 5.95. The highest BCUT2D eigenvalue weighted by Crippen LogP contribution is 2.14. The fraction of sp³-hybridized carbons (Fsp3) is 0.533. The molecule has 0 saturated carbocycles. The Morgan fingerprint density at radius 1 is 1.50 bits per heavy atom. The molecule has 3 amide bonds. The van der Waals surface area contributed by atoms with E-state index < -0.39 is 6.03 Å². The third-order valence-electron chi connectivity index (χ3n) is 3.46. The third-order valence-corrected chi connectivity index (χ3v) is 3.46. The minimum Gasteiger partial charge on any atom is -0.377 e. The normalized spacial score (nSPS) is 17.5. The smallest absolute Gasteiger partial charge is 0.321 e. The van der Waals surface area contributed by atoms with Crippen molar-refractivity contribution in [3.8, 4) is 0 Å². The van der Waals surface area contributed by atoms with Gasteiger partial charge in [0.15, 0.2) is 0 Å². The average Bonchev–Trinajstić information content (AvgIpc) is 3.00. The molecule has 22 heavy (non-hydrogen) atoms. The Labute approximate surface area is 130 Å². The van der Waals surface area contributed by atoms with E-state index in [-0.39, 0.29) is 18.6 Å². The van der Waals surface area contributed by atoms with E-state index in [0.717, 1.165) is 25.0 Å². The molecule has 0 bridgehead atoms. The maximum absolute atomic E-state index is 11.9. The van der Waals surface area contributed by atoms with Crippen LogP contribution in [0.2, 0.25) is 0 Å². The number of hydrogen-bond acceptors (Lipinski definition) is 5. The van der Waals surface area contributed by atoms with Gasteiger partial charge in [0.1, 0.15) is 0 Å². The molecule has 1 aliphatic rings. The summed E-state index contributed by atoms with van der Waals surface area (Å²) in [6.07, 6.45) is 5.69. The van der Waals surface area contributed by atoms with E-state index in [9.17, 15) is 9.59 Å². The molecule has 2 N–H and O–H groups in total. The topological polar surface area (TPSA) is 83.6 Å². The lowest BCUT2D eigenvalue weighted by Crippen LogP contribution is -2.44. The van der Waals surface area contributed by atoms with Crippen LogP contribution in [-0.2, 0) is 16.1 Å². The number of carbonyl (C=O) groups is 2. The molecule has 1 atom stereocenters. The van der Waals surface area contributed by atoms with Crippen molar-refractivity contribution in [2.75, 3.05) is 26.7 Å². The summed E-state index contributed by atoms with van der Waals surface area (Å²) >= 11 is 0. The Morgan fingerprint density at radius 2 is 2.36 bits per heavy atom. The summed E-state index contributed by atoms with van der Waals surface area (Å²) in [6, 6.07) is 3.33. The average molecular weight is 306 g/mol. The lowest BCUT2D eigenvalue weighted by Gasteiger charge is -2.24. The molecule has 1 aliphatic heterocycles. The minimum absolute atomic E-state index is 0.141. The van der Waals surface area contributed by atoms with Gasteiger partial charge < -0.3 is 10.1 Å². The van der Waals surface area contributed by atoms with E-state index in [0.29, 0.717) is 13.1 Å². The lowest BCUT2D eigenvalue weighted by atomic mass is 10.2. The predicted molar refractivity (Wildman–Crippen MR) is 81.1 cm³/mol. The second-order valence-corrected chi connectivity index (χ2v) is 5.29. The van der Waals surface area contributed by atoms with Crippen LogP contribution in [-0.4, -0.2) is 54.7 Å². The van der Waals surface area contributed by atoms with Crippen LogP contribution in [0.15, 0.2) is 24.5 Å². The Bertz CT molecular complexity index is 489. The highest BCUT2D eigenvalue weighted by atomic mass is 16.5. The van der Waals surface area contributed by atoms with E-state index in [1.54, 1.807) is 12.4 Å². The number of carbonyl (C=O) groups excluding carboxylic acids is 2. The maximum Gasteiger partial charge on any atom is 0.321 e. The van der Waals surface area contributed by atoms with Gasteiger partial charge in [-0.1, -0.05) is 6.07 Å². The van der Waals surface area contributed by atoms with Gasteiger partial charge in [0.25, 0.3) is 0 Å². The van der Waals surface area contributed by atoms with Gasteiger partial charge in [0.2, 0.25) is 5.91 Å². The number of nitrogens with zero attached hydrogens (tertiary/aromatic N) is 2. The molecule has 0 spiro atoms. The molecular weight excluding hydrogens is 284 g/mol. The van der Waals surface area contributed by atoms with Crippen LogP contribution in [0.1, 0.15) is 18.4 Å². The Balaban J connectivity index is 1.94. The van der Waals surface area contributed by atoms with Crippen LogP contribution in [0.25, 0.3) is 0 Å². The molecule has 0 aromatic carbocycles. The van der Waals surface area contributed by atoms with Gasteiger partial charge in [0.05, 0.1) is 12.6 Å². The number of ether oxygens (including phenoxy) is 1. The number of pyridine rings is 1. The first-order chi connectivity index (χ1) is 10.7. The van der Waals surface area contributed by atoms with Gasteiger partial charge in [-0.25, -0.2) is 4.79 Å². The molecule has 1 saturated heterocycles. The standard InChI is InChI=1S/C15H22N4O3/c1-16-15(21)18-14(20)11-19(10-13-5-3-7-22-13)9-12-4-2-6-17-8-12/h2,4,6,8,13H,3,5,7,9-11H2,1H3,(H2,16,18,20,21). The second-order valence-electron chi connectivity index (χ2n) is 5.29. The Kier molecular flexibility index (Phi) is 6.29. The third kappa shape index (κ3) is 5.42. The molecule has 7 nitrogen and oxygen atoms in total. The van der Waals surface area contributed by atoms with Crippen LogP contribution in [0.5, 0.6) is 0 Å². The van der Waals surface area contributed by atoms with Gasteiger partial charge in [-0.3, -0.25) is 20.0 Å². The number of amides is 3. The van der Waals surface area contributed by atoms with E-state index in [4.69, 9.17) is 4.74 Å². The largest absolute Gasteiger partial charge is 0.377 e.